The van der Waals surface area contributed by atoms with Crippen molar-refractivity contribution < 1.29 is 22.7 Å². The molecule has 0 atom stereocenters. The Labute approximate surface area is 165 Å². The maximum atomic E-state index is 12.1. The molecular weight excluding hydrogens is 382 g/mol. The Morgan fingerprint density at radius 2 is 1.79 bits per heavy atom. The van der Waals surface area contributed by atoms with Crippen molar-refractivity contribution in [3.63, 3.8) is 0 Å². The van der Waals surface area contributed by atoms with Crippen molar-refractivity contribution in [3.8, 4) is 11.5 Å². The Morgan fingerprint density at radius 3 is 2.36 bits per heavy atom. The van der Waals surface area contributed by atoms with E-state index in [1.165, 1.54) is 24.3 Å². The zero-order valence-electron chi connectivity index (χ0n) is 16.1. The lowest BCUT2D eigenvalue weighted by Gasteiger charge is -2.18. The number of benzene rings is 2. The van der Waals surface area contributed by atoms with Crippen LogP contribution in [0.15, 0.2) is 47.4 Å². The Bertz CT molecular complexity index is 914. The van der Waals surface area contributed by atoms with Crippen LogP contribution in [-0.2, 0) is 21.4 Å². The van der Waals surface area contributed by atoms with E-state index in [2.05, 4.69) is 5.32 Å². The SMILES string of the molecule is COc1ccc(CN(C)CCC(=O)Nc2ccc(S(N)(=O)=O)cc2)c(OC)c1. The van der Waals surface area contributed by atoms with Gasteiger partial charge >= 0.3 is 0 Å². The van der Waals surface area contributed by atoms with Crippen molar-refractivity contribution in [2.24, 2.45) is 5.14 Å². The number of nitrogens with one attached hydrogen (secondary N) is 1. The molecule has 0 spiro atoms. The highest BCUT2D eigenvalue weighted by molar-refractivity contribution is 7.89. The van der Waals surface area contributed by atoms with Gasteiger partial charge in [0.15, 0.2) is 0 Å². The fourth-order valence-corrected chi connectivity index (χ4v) is 3.11. The molecule has 0 saturated heterocycles. The van der Waals surface area contributed by atoms with Crippen LogP contribution < -0.4 is 19.9 Å². The minimum Gasteiger partial charge on any atom is -0.497 e. The molecule has 2 aromatic carbocycles. The Balaban J connectivity index is 1.87. The predicted molar refractivity (Wildman–Crippen MR) is 107 cm³/mol. The molecule has 152 valence electrons. The largest absolute Gasteiger partial charge is 0.497 e. The molecule has 0 aromatic heterocycles. The van der Waals surface area contributed by atoms with E-state index < -0.39 is 10.0 Å². The molecule has 1 amide bonds. The number of rotatable bonds is 9. The molecule has 0 heterocycles. The molecule has 3 N–H and O–H groups in total. The molecule has 2 rings (SSSR count). The quantitative estimate of drug-likeness (QED) is 0.656. The molecular formula is C19H25N3O5S. The number of nitrogens with two attached hydrogens (primary N) is 1. The van der Waals surface area contributed by atoms with Crippen molar-refractivity contribution in [2.75, 3.05) is 33.1 Å². The van der Waals surface area contributed by atoms with Crippen molar-refractivity contribution in [1.82, 2.24) is 4.90 Å². The maximum absolute atomic E-state index is 12.1. The number of carbonyl (C=O) groups is 1. The van der Waals surface area contributed by atoms with Gasteiger partial charge in [-0.3, -0.25) is 4.79 Å². The topological polar surface area (TPSA) is 111 Å². The van der Waals surface area contributed by atoms with Gasteiger partial charge in [-0.25, -0.2) is 13.6 Å². The minimum atomic E-state index is -3.75. The molecule has 28 heavy (non-hydrogen) atoms. The number of primary sulfonamides is 1. The summed E-state index contributed by atoms with van der Waals surface area (Å²) in [7, 11) is 1.37. The van der Waals surface area contributed by atoms with Crippen LogP contribution >= 0.6 is 0 Å². The average Bonchev–Trinajstić information content (AvgIpc) is 2.66. The number of amides is 1. The van der Waals surface area contributed by atoms with Gasteiger partial charge in [-0.15, -0.1) is 0 Å². The monoisotopic (exact) mass is 407 g/mol. The van der Waals surface area contributed by atoms with E-state index in [1.54, 1.807) is 14.2 Å². The second-order valence-electron chi connectivity index (χ2n) is 6.28. The third-order valence-electron chi connectivity index (χ3n) is 4.12. The minimum absolute atomic E-state index is 0.00123. The lowest BCUT2D eigenvalue weighted by molar-refractivity contribution is -0.116. The lowest BCUT2D eigenvalue weighted by Crippen LogP contribution is -2.24. The first-order valence-corrected chi connectivity index (χ1v) is 10.1. The summed E-state index contributed by atoms with van der Waals surface area (Å²) >= 11 is 0. The van der Waals surface area contributed by atoms with E-state index in [-0.39, 0.29) is 17.2 Å². The molecule has 0 aliphatic heterocycles. The summed E-state index contributed by atoms with van der Waals surface area (Å²) in [6.07, 6.45) is 0.284. The Kier molecular flexibility index (Phi) is 7.38. The number of carbonyl (C=O) groups excluding carboxylic acids is 1. The third kappa shape index (κ3) is 6.22. The molecule has 0 saturated carbocycles. The van der Waals surface area contributed by atoms with Crippen molar-refractivity contribution in [1.29, 1.82) is 0 Å². The average molecular weight is 407 g/mol. The lowest BCUT2D eigenvalue weighted by atomic mass is 10.1. The molecule has 0 bridgehead atoms. The van der Waals surface area contributed by atoms with Gasteiger partial charge in [-0.05, 0) is 37.4 Å². The van der Waals surface area contributed by atoms with Crippen LogP contribution in [0, 0.1) is 0 Å². The molecule has 9 heteroatoms. The summed E-state index contributed by atoms with van der Waals surface area (Å²) in [6, 6.07) is 11.3. The molecule has 0 aliphatic carbocycles. The van der Waals surface area contributed by atoms with E-state index in [9.17, 15) is 13.2 Å². The van der Waals surface area contributed by atoms with Gasteiger partial charge in [0.05, 0.1) is 19.1 Å². The summed E-state index contributed by atoms with van der Waals surface area (Å²) in [5, 5.41) is 7.79. The summed E-state index contributed by atoms with van der Waals surface area (Å²) in [4.78, 5) is 14.1. The fourth-order valence-electron chi connectivity index (χ4n) is 2.60. The highest BCUT2D eigenvalue weighted by Gasteiger charge is 2.11. The van der Waals surface area contributed by atoms with Crippen LogP contribution in [0.2, 0.25) is 0 Å². The normalized spacial score (nSPS) is 11.3. The molecule has 0 radical (unpaired) electrons. The maximum Gasteiger partial charge on any atom is 0.238 e. The number of nitrogens with zero attached hydrogens (tertiary/aromatic N) is 1. The highest BCUT2D eigenvalue weighted by Crippen LogP contribution is 2.25. The van der Waals surface area contributed by atoms with Gasteiger partial charge in [0.25, 0.3) is 0 Å². The fraction of sp³-hybridized carbons (Fsp3) is 0.316. The number of sulfonamides is 1. The van der Waals surface area contributed by atoms with Gasteiger partial charge in [0, 0.05) is 36.8 Å². The standard InChI is InChI=1S/C19H25N3O5S/c1-22(13-14-4-7-16(26-2)12-18(14)27-3)11-10-19(23)21-15-5-8-17(9-6-15)28(20,24)25/h4-9,12H,10-11,13H2,1-3H3,(H,21,23)(H2,20,24,25). The molecule has 0 aliphatic rings. The second-order valence-corrected chi connectivity index (χ2v) is 7.84. The molecule has 8 nitrogen and oxygen atoms in total. The summed E-state index contributed by atoms with van der Waals surface area (Å²) in [6.45, 7) is 1.15. The van der Waals surface area contributed by atoms with Crippen LogP contribution in [0.1, 0.15) is 12.0 Å². The number of ether oxygens (including phenoxy) is 2. The van der Waals surface area contributed by atoms with Gasteiger partial charge in [-0.1, -0.05) is 6.07 Å². The van der Waals surface area contributed by atoms with Gasteiger partial charge in [0.2, 0.25) is 15.9 Å². The first-order valence-electron chi connectivity index (χ1n) is 8.55. The zero-order chi connectivity index (χ0) is 20.7. The van der Waals surface area contributed by atoms with E-state index >= 15 is 0 Å². The van der Waals surface area contributed by atoms with E-state index in [1.807, 2.05) is 30.1 Å². The first kappa shape index (κ1) is 21.7. The smallest absolute Gasteiger partial charge is 0.238 e. The summed E-state index contributed by atoms with van der Waals surface area (Å²) < 4.78 is 33.1. The van der Waals surface area contributed by atoms with E-state index in [0.29, 0.717) is 18.8 Å². The Hall–Kier alpha value is -2.62. The summed E-state index contributed by atoms with van der Waals surface area (Å²) in [5.74, 6) is 1.28. The molecule has 0 fully saturated rings. The van der Waals surface area contributed by atoms with Crippen LogP contribution in [0.3, 0.4) is 0 Å². The zero-order valence-corrected chi connectivity index (χ0v) is 17.0. The summed E-state index contributed by atoms with van der Waals surface area (Å²) in [5.41, 5.74) is 1.50. The number of anilines is 1. The van der Waals surface area contributed by atoms with Gasteiger partial charge in [-0.2, -0.15) is 0 Å². The van der Waals surface area contributed by atoms with Crippen LogP contribution in [0.4, 0.5) is 5.69 Å². The van der Waals surface area contributed by atoms with Crippen LogP contribution in [0.25, 0.3) is 0 Å². The van der Waals surface area contributed by atoms with Crippen molar-refractivity contribution in [3.05, 3.63) is 48.0 Å². The Morgan fingerprint density at radius 1 is 1.11 bits per heavy atom. The number of hydrogen-bond acceptors (Lipinski definition) is 6. The second kappa shape index (κ2) is 9.54. The third-order valence-corrected chi connectivity index (χ3v) is 5.05. The van der Waals surface area contributed by atoms with Crippen LogP contribution in [-0.4, -0.2) is 47.0 Å². The van der Waals surface area contributed by atoms with E-state index in [4.69, 9.17) is 14.6 Å². The van der Waals surface area contributed by atoms with Gasteiger partial charge < -0.3 is 19.7 Å². The van der Waals surface area contributed by atoms with Crippen molar-refractivity contribution in [2.45, 2.75) is 17.9 Å². The first-order chi connectivity index (χ1) is 13.2. The molecule has 0 unspecified atom stereocenters. The van der Waals surface area contributed by atoms with E-state index in [0.717, 1.165) is 17.1 Å². The number of hydrogen-bond donors (Lipinski definition) is 2. The number of methoxy groups -OCH3 is 2. The predicted octanol–water partition coefficient (Wildman–Crippen LogP) is 1.81. The van der Waals surface area contributed by atoms with Gasteiger partial charge in [0.1, 0.15) is 11.5 Å². The highest BCUT2D eigenvalue weighted by atomic mass is 32.2. The van der Waals surface area contributed by atoms with Crippen molar-refractivity contribution >= 4 is 21.6 Å². The van der Waals surface area contributed by atoms with Crippen LogP contribution in [0.5, 0.6) is 11.5 Å². The molecule has 2 aromatic rings.